The van der Waals surface area contributed by atoms with E-state index < -0.39 is 0 Å². The van der Waals surface area contributed by atoms with Gasteiger partial charge >= 0.3 is 0 Å². The molecule has 1 heterocycles. The van der Waals surface area contributed by atoms with Crippen molar-refractivity contribution in [3.8, 4) is 0 Å². The molecule has 20 heavy (non-hydrogen) atoms. The van der Waals surface area contributed by atoms with Gasteiger partial charge < -0.3 is 10.6 Å². The second-order valence-corrected chi connectivity index (χ2v) is 4.61. The van der Waals surface area contributed by atoms with Crippen LogP contribution >= 0.6 is 0 Å². The Bertz CT molecular complexity index is 594. The molecule has 1 aromatic heterocycles. The van der Waals surface area contributed by atoms with Crippen LogP contribution in [0.2, 0.25) is 0 Å². The Labute approximate surface area is 119 Å². The molecule has 0 amide bonds. The van der Waals surface area contributed by atoms with Crippen molar-refractivity contribution >= 4 is 11.8 Å². The highest BCUT2D eigenvalue weighted by molar-refractivity contribution is 5.93. The van der Waals surface area contributed by atoms with E-state index in [1.165, 1.54) is 5.56 Å². The van der Waals surface area contributed by atoms with Crippen molar-refractivity contribution in [2.45, 2.75) is 20.4 Å². The van der Waals surface area contributed by atoms with Crippen LogP contribution in [-0.2, 0) is 6.54 Å². The molecular weight excluding hydrogens is 250 g/mol. The van der Waals surface area contributed by atoms with E-state index in [-0.39, 0.29) is 5.84 Å². The zero-order valence-electron chi connectivity index (χ0n) is 11.8. The summed E-state index contributed by atoms with van der Waals surface area (Å²) < 4.78 is 0. The van der Waals surface area contributed by atoms with E-state index in [0.29, 0.717) is 11.6 Å². The molecule has 2 rings (SSSR count). The fraction of sp³-hybridized carbons (Fsp3) is 0.267. The zero-order chi connectivity index (χ0) is 14.5. The molecule has 0 spiro atoms. The van der Waals surface area contributed by atoms with Crippen LogP contribution in [0.1, 0.15) is 23.9 Å². The lowest BCUT2D eigenvalue weighted by atomic mass is 10.2. The second-order valence-electron chi connectivity index (χ2n) is 4.61. The first-order valence-corrected chi connectivity index (χ1v) is 6.59. The molecule has 5 heteroatoms. The van der Waals surface area contributed by atoms with Gasteiger partial charge in [-0.2, -0.15) is 0 Å². The summed E-state index contributed by atoms with van der Waals surface area (Å²) in [6.45, 7) is 5.46. The first-order valence-electron chi connectivity index (χ1n) is 6.59. The Hall–Kier alpha value is -2.43. The number of nitrogens with one attached hydrogen (secondary N) is 1. The van der Waals surface area contributed by atoms with Crippen molar-refractivity contribution in [3.63, 3.8) is 0 Å². The number of rotatable bonds is 5. The predicted octanol–water partition coefficient (Wildman–Crippen LogP) is 2.10. The summed E-state index contributed by atoms with van der Waals surface area (Å²) in [4.78, 5) is 10.9. The summed E-state index contributed by atoms with van der Waals surface area (Å²) in [6.07, 6.45) is 0. The van der Waals surface area contributed by atoms with Crippen molar-refractivity contribution < 1.29 is 0 Å². The maximum Gasteiger partial charge on any atom is 0.226 e. The quantitative estimate of drug-likeness (QED) is 0.643. The van der Waals surface area contributed by atoms with E-state index in [9.17, 15) is 0 Å². The molecule has 104 valence electrons. The topological polar surface area (TPSA) is 78.9 Å². The number of benzene rings is 1. The van der Waals surface area contributed by atoms with Crippen LogP contribution < -0.4 is 10.6 Å². The van der Waals surface area contributed by atoms with Gasteiger partial charge in [-0.15, -0.1) is 0 Å². The average molecular weight is 269 g/mol. The number of hydrogen-bond acceptors (Lipinski definition) is 4. The lowest BCUT2D eigenvalue weighted by molar-refractivity contribution is 0.786. The third kappa shape index (κ3) is 3.32. The minimum absolute atomic E-state index is 0.0347. The van der Waals surface area contributed by atoms with Crippen LogP contribution in [0.3, 0.4) is 0 Å². The van der Waals surface area contributed by atoms with Gasteiger partial charge in [0.25, 0.3) is 0 Å². The first-order chi connectivity index (χ1) is 9.60. The molecule has 5 nitrogen and oxygen atoms in total. The number of hydrogen-bond donors (Lipinski definition) is 2. The van der Waals surface area contributed by atoms with Crippen LogP contribution in [0, 0.1) is 12.3 Å². The molecule has 0 aliphatic rings. The van der Waals surface area contributed by atoms with Gasteiger partial charge in [0.05, 0.1) is 0 Å². The number of aryl methyl sites for hydroxylation is 1. The van der Waals surface area contributed by atoms with Crippen LogP contribution in [0.15, 0.2) is 36.4 Å². The van der Waals surface area contributed by atoms with Gasteiger partial charge in [-0.05, 0) is 25.5 Å². The van der Waals surface area contributed by atoms with E-state index in [2.05, 4.69) is 33.9 Å². The highest BCUT2D eigenvalue weighted by Gasteiger charge is 2.11. The molecule has 0 saturated carbocycles. The molecular formula is C15H19N5. The highest BCUT2D eigenvalue weighted by atomic mass is 15.2. The van der Waals surface area contributed by atoms with Crippen LogP contribution in [0.5, 0.6) is 0 Å². The third-order valence-electron chi connectivity index (χ3n) is 3.00. The zero-order valence-corrected chi connectivity index (χ0v) is 11.8. The van der Waals surface area contributed by atoms with Crippen LogP contribution in [0.25, 0.3) is 0 Å². The summed E-state index contributed by atoms with van der Waals surface area (Å²) in [6, 6.07) is 11.9. The van der Waals surface area contributed by atoms with Gasteiger partial charge in [0.2, 0.25) is 5.95 Å². The van der Waals surface area contributed by atoms with E-state index in [4.69, 9.17) is 11.1 Å². The number of anilines is 1. The molecule has 0 fully saturated rings. The molecule has 0 atom stereocenters. The first kappa shape index (κ1) is 14.0. The van der Waals surface area contributed by atoms with Crippen molar-refractivity contribution in [1.82, 2.24) is 9.97 Å². The van der Waals surface area contributed by atoms with Gasteiger partial charge in [-0.25, -0.2) is 9.97 Å². The number of nitrogens with two attached hydrogens (primary N) is 1. The maximum absolute atomic E-state index is 7.52. The predicted molar refractivity (Wildman–Crippen MR) is 81.0 cm³/mol. The monoisotopic (exact) mass is 269 g/mol. The minimum Gasteiger partial charge on any atom is -0.382 e. The van der Waals surface area contributed by atoms with E-state index >= 15 is 0 Å². The van der Waals surface area contributed by atoms with Crippen molar-refractivity contribution in [2.24, 2.45) is 5.73 Å². The number of nitrogens with zero attached hydrogens (tertiary/aromatic N) is 3. The molecule has 1 aromatic carbocycles. The highest BCUT2D eigenvalue weighted by Crippen LogP contribution is 2.13. The number of nitrogen functional groups attached to an aromatic ring is 1. The Morgan fingerprint density at radius 3 is 2.55 bits per heavy atom. The molecule has 2 aromatic rings. The molecule has 0 saturated heterocycles. The fourth-order valence-electron chi connectivity index (χ4n) is 1.96. The van der Waals surface area contributed by atoms with Crippen LogP contribution in [0.4, 0.5) is 5.95 Å². The second kappa shape index (κ2) is 6.14. The third-order valence-corrected chi connectivity index (χ3v) is 3.00. The minimum atomic E-state index is -0.0347. The Balaban J connectivity index is 2.29. The van der Waals surface area contributed by atoms with Gasteiger partial charge in [0.15, 0.2) is 0 Å². The Kier molecular flexibility index (Phi) is 4.30. The molecule has 3 N–H and O–H groups in total. The normalized spacial score (nSPS) is 10.3. The lowest BCUT2D eigenvalue weighted by Gasteiger charge is -2.21. The molecule has 0 unspecified atom stereocenters. The fourth-order valence-corrected chi connectivity index (χ4v) is 1.96. The molecule has 0 bridgehead atoms. The van der Waals surface area contributed by atoms with Crippen molar-refractivity contribution in [3.05, 3.63) is 53.3 Å². The van der Waals surface area contributed by atoms with E-state index in [1.807, 2.05) is 25.1 Å². The summed E-state index contributed by atoms with van der Waals surface area (Å²) in [7, 11) is 0. The van der Waals surface area contributed by atoms with Gasteiger partial charge in [-0.3, -0.25) is 5.41 Å². The SMILES string of the molecule is CCN(Cc1ccccc1)c1nc(C)cc(C(=N)N)n1. The largest absolute Gasteiger partial charge is 0.382 e. The van der Waals surface area contributed by atoms with Crippen molar-refractivity contribution in [1.29, 1.82) is 5.41 Å². The average Bonchev–Trinajstić information content (AvgIpc) is 2.45. The van der Waals surface area contributed by atoms with Gasteiger partial charge in [0, 0.05) is 18.8 Å². The number of aromatic nitrogens is 2. The van der Waals surface area contributed by atoms with Gasteiger partial charge in [-0.1, -0.05) is 30.3 Å². The molecule has 0 aliphatic carbocycles. The Morgan fingerprint density at radius 2 is 1.95 bits per heavy atom. The van der Waals surface area contributed by atoms with Crippen LogP contribution in [-0.4, -0.2) is 22.3 Å². The summed E-state index contributed by atoms with van der Waals surface area (Å²) in [5.74, 6) is 0.578. The maximum atomic E-state index is 7.52. The number of amidine groups is 1. The molecule has 0 radical (unpaired) electrons. The lowest BCUT2D eigenvalue weighted by Crippen LogP contribution is -2.26. The Morgan fingerprint density at radius 1 is 1.25 bits per heavy atom. The van der Waals surface area contributed by atoms with E-state index in [0.717, 1.165) is 18.8 Å². The smallest absolute Gasteiger partial charge is 0.226 e. The summed E-state index contributed by atoms with van der Waals surface area (Å²) >= 11 is 0. The standard InChI is InChI=1S/C15H19N5/c1-3-20(10-12-7-5-4-6-8-12)15-18-11(2)9-13(19-15)14(16)17/h4-9H,3,10H2,1-2H3,(H3,16,17). The van der Waals surface area contributed by atoms with Crippen molar-refractivity contribution in [2.75, 3.05) is 11.4 Å². The summed E-state index contributed by atoms with van der Waals surface area (Å²) in [5, 5.41) is 7.52. The summed E-state index contributed by atoms with van der Waals surface area (Å²) in [5.41, 5.74) is 8.00. The molecule has 0 aliphatic heterocycles. The van der Waals surface area contributed by atoms with Gasteiger partial charge in [0.1, 0.15) is 11.5 Å². The van der Waals surface area contributed by atoms with E-state index in [1.54, 1.807) is 6.07 Å².